The van der Waals surface area contributed by atoms with Gasteiger partial charge in [-0.2, -0.15) is 0 Å². The van der Waals surface area contributed by atoms with Crippen molar-refractivity contribution in [1.29, 1.82) is 0 Å². The average Bonchev–Trinajstić information content (AvgIpc) is 2.37. The summed E-state index contributed by atoms with van der Waals surface area (Å²) in [5.41, 5.74) is 5.69. The first-order chi connectivity index (χ1) is 8.82. The lowest BCUT2D eigenvalue weighted by molar-refractivity contribution is -0.122. The molecular weight excluding hydrogens is 248 g/mol. The van der Waals surface area contributed by atoms with E-state index in [2.05, 4.69) is 5.32 Å². The van der Waals surface area contributed by atoms with Crippen LogP contribution in [0.3, 0.4) is 0 Å². The number of benzene rings is 1. The molecular formula is C13H16N2O4. The predicted octanol–water partition coefficient (Wildman–Crippen LogP) is 0.624. The summed E-state index contributed by atoms with van der Waals surface area (Å²) in [7, 11) is 0. The van der Waals surface area contributed by atoms with Crippen molar-refractivity contribution in [3.63, 3.8) is 0 Å². The lowest BCUT2D eigenvalue weighted by Crippen LogP contribution is -2.46. The van der Waals surface area contributed by atoms with Crippen molar-refractivity contribution in [2.45, 2.75) is 19.9 Å². The van der Waals surface area contributed by atoms with Gasteiger partial charge in [-0.3, -0.25) is 14.9 Å². The molecule has 0 heterocycles. The molecule has 0 bridgehead atoms. The maximum atomic E-state index is 11.8. The maximum Gasteiger partial charge on any atom is 0.335 e. The van der Waals surface area contributed by atoms with Gasteiger partial charge in [-0.25, -0.2) is 4.79 Å². The second-order valence-electron chi connectivity index (χ2n) is 4.47. The fourth-order valence-corrected chi connectivity index (χ4v) is 1.36. The highest BCUT2D eigenvalue weighted by Crippen LogP contribution is 2.06. The van der Waals surface area contributed by atoms with Crippen LogP contribution in [0.5, 0.6) is 0 Å². The van der Waals surface area contributed by atoms with Gasteiger partial charge in [0.2, 0.25) is 5.91 Å². The second-order valence-corrected chi connectivity index (χ2v) is 4.47. The standard InChI is InChI=1S/C13H16N2O4/c1-7(2)10(14)12(17)15-11(16)8-4-3-5-9(6-8)13(18)19/h3-7,10H,14H2,1-2H3,(H,18,19)(H,15,16,17)/t10-/m0/s1. The summed E-state index contributed by atoms with van der Waals surface area (Å²) in [6, 6.07) is 4.64. The first kappa shape index (κ1) is 14.8. The van der Waals surface area contributed by atoms with Crippen molar-refractivity contribution in [2.24, 2.45) is 11.7 Å². The first-order valence-electron chi connectivity index (χ1n) is 5.77. The van der Waals surface area contributed by atoms with Crippen LogP contribution < -0.4 is 11.1 Å². The van der Waals surface area contributed by atoms with Gasteiger partial charge in [0, 0.05) is 5.56 Å². The van der Waals surface area contributed by atoms with Gasteiger partial charge in [0.15, 0.2) is 0 Å². The molecule has 1 aromatic carbocycles. The Morgan fingerprint density at radius 1 is 1.21 bits per heavy atom. The summed E-state index contributed by atoms with van der Waals surface area (Å²) < 4.78 is 0. The van der Waals surface area contributed by atoms with Crippen LogP contribution in [0.2, 0.25) is 0 Å². The smallest absolute Gasteiger partial charge is 0.335 e. The zero-order valence-corrected chi connectivity index (χ0v) is 10.7. The largest absolute Gasteiger partial charge is 0.478 e. The molecule has 1 aromatic rings. The van der Waals surface area contributed by atoms with Gasteiger partial charge < -0.3 is 10.8 Å². The highest BCUT2D eigenvalue weighted by Gasteiger charge is 2.20. The normalized spacial score (nSPS) is 12.0. The molecule has 2 amide bonds. The molecule has 0 unspecified atom stereocenters. The number of amides is 2. The van der Waals surface area contributed by atoms with Crippen LogP contribution in [0.15, 0.2) is 24.3 Å². The molecule has 6 nitrogen and oxygen atoms in total. The highest BCUT2D eigenvalue weighted by molar-refractivity contribution is 6.06. The fraction of sp³-hybridized carbons (Fsp3) is 0.308. The minimum Gasteiger partial charge on any atom is -0.478 e. The van der Waals surface area contributed by atoms with Crippen molar-refractivity contribution in [3.05, 3.63) is 35.4 Å². The molecule has 0 spiro atoms. The van der Waals surface area contributed by atoms with Crippen LogP contribution in [0.1, 0.15) is 34.6 Å². The second kappa shape index (κ2) is 6.10. The monoisotopic (exact) mass is 264 g/mol. The minimum absolute atomic E-state index is 0.0201. The van der Waals surface area contributed by atoms with Gasteiger partial charge in [-0.15, -0.1) is 0 Å². The van der Waals surface area contributed by atoms with Crippen molar-refractivity contribution in [3.8, 4) is 0 Å². The Morgan fingerprint density at radius 2 is 1.79 bits per heavy atom. The van der Waals surface area contributed by atoms with E-state index in [4.69, 9.17) is 10.8 Å². The zero-order valence-electron chi connectivity index (χ0n) is 10.7. The SMILES string of the molecule is CC(C)[C@H](N)C(=O)NC(=O)c1cccc(C(=O)O)c1. The van der Waals surface area contributed by atoms with E-state index in [1.165, 1.54) is 24.3 Å². The van der Waals surface area contributed by atoms with E-state index in [0.29, 0.717) is 0 Å². The molecule has 0 aliphatic rings. The number of aromatic carboxylic acids is 1. The van der Waals surface area contributed by atoms with E-state index < -0.39 is 23.8 Å². The molecule has 0 saturated carbocycles. The van der Waals surface area contributed by atoms with Gasteiger partial charge in [0.1, 0.15) is 0 Å². The van der Waals surface area contributed by atoms with E-state index in [1.54, 1.807) is 13.8 Å². The van der Waals surface area contributed by atoms with Crippen LogP contribution in [-0.4, -0.2) is 28.9 Å². The van der Waals surface area contributed by atoms with Gasteiger partial charge in [0.05, 0.1) is 11.6 Å². The van der Waals surface area contributed by atoms with E-state index >= 15 is 0 Å². The van der Waals surface area contributed by atoms with Crippen molar-refractivity contribution < 1.29 is 19.5 Å². The molecule has 1 atom stereocenters. The molecule has 4 N–H and O–H groups in total. The first-order valence-corrected chi connectivity index (χ1v) is 5.77. The molecule has 1 rings (SSSR count). The summed E-state index contributed by atoms with van der Waals surface area (Å²) in [5, 5.41) is 11.0. The molecule has 0 aliphatic carbocycles. The van der Waals surface area contributed by atoms with E-state index in [-0.39, 0.29) is 17.0 Å². The number of hydrogen-bond donors (Lipinski definition) is 3. The Hall–Kier alpha value is -2.21. The summed E-state index contributed by atoms with van der Waals surface area (Å²) in [6.07, 6.45) is 0. The number of nitrogens with two attached hydrogens (primary N) is 1. The number of carbonyl (C=O) groups is 3. The van der Waals surface area contributed by atoms with Gasteiger partial charge in [-0.1, -0.05) is 19.9 Å². The van der Waals surface area contributed by atoms with Gasteiger partial charge in [-0.05, 0) is 24.1 Å². The minimum atomic E-state index is -1.14. The van der Waals surface area contributed by atoms with E-state index in [9.17, 15) is 14.4 Å². The Kier molecular flexibility index (Phi) is 4.77. The molecule has 0 radical (unpaired) electrons. The topological polar surface area (TPSA) is 109 Å². The van der Waals surface area contributed by atoms with Crippen LogP contribution in [-0.2, 0) is 4.79 Å². The van der Waals surface area contributed by atoms with Gasteiger partial charge >= 0.3 is 5.97 Å². The average molecular weight is 264 g/mol. The maximum absolute atomic E-state index is 11.8. The summed E-state index contributed by atoms with van der Waals surface area (Å²) in [4.78, 5) is 34.2. The number of nitrogens with one attached hydrogen (secondary N) is 1. The number of rotatable bonds is 4. The molecule has 0 saturated heterocycles. The van der Waals surface area contributed by atoms with Crippen molar-refractivity contribution >= 4 is 17.8 Å². The lowest BCUT2D eigenvalue weighted by atomic mass is 10.0. The highest BCUT2D eigenvalue weighted by atomic mass is 16.4. The quantitative estimate of drug-likeness (QED) is 0.738. The predicted molar refractivity (Wildman–Crippen MR) is 68.7 cm³/mol. The third kappa shape index (κ3) is 3.89. The van der Waals surface area contributed by atoms with Gasteiger partial charge in [0.25, 0.3) is 5.91 Å². The third-order valence-electron chi connectivity index (χ3n) is 2.63. The molecule has 0 fully saturated rings. The number of hydrogen-bond acceptors (Lipinski definition) is 4. The number of carboxylic acid groups (broad SMARTS) is 1. The Balaban J connectivity index is 2.81. The number of imide groups is 1. The Labute approximate surface area is 110 Å². The molecule has 19 heavy (non-hydrogen) atoms. The molecule has 6 heteroatoms. The molecule has 0 aromatic heterocycles. The van der Waals surface area contributed by atoms with E-state index in [1.807, 2.05) is 0 Å². The van der Waals surface area contributed by atoms with Crippen LogP contribution in [0.4, 0.5) is 0 Å². The van der Waals surface area contributed by atoms with E-state index in [0.717, 1.165) is 0 Å². The zero-order chi connectivity index (χ0) is 14.6. The Morgan fingerprint density at radius 3 is 2.32 bits per heavy atom. The summed E-state index contributed by atoms with van der Waals surface area (Å²) in [5.74, 6) is -2.48. The van der Waals surface area contributed by atoms with Crippen LogP contribution >= 0.6 is 0 Å². The number of carbonyl (C=O) groups excluding carboxylic acids is 2. The van der Waals surface area contributed by atoms with Crippen LogP contribution in [0.25, 0.3) is 0 Å². The summed E-state index contributed by atoms with van der Waals surface area (Å²) in [6.45, 7) is 3.53. The summed E-state index contributed by atoms with van der Waals surface area (Å²) >= 11 is 0. The molecule has 102 valence electrons. The van der Waals surface area contributed by atoms with Crippen LogP contribution in [0, 0.1) is 5.92 Å². The fourth-order valence-electron chi connectivity index (χ4n) is 1.36. The van der Waals surface area contributed by atoms with Crippen molar-refractivity contribution in [1.82, 2.24) is 5.32 Å². The number of carboxylic acids is 1. The molecule has 0 aliphatic heterocycles. The van der Waals surface area contributed by atoms with Crippen molar-refractivity contribution in [2.75, 3.05) is 0 Å². The third-order valence-corrected chi connectivity index (χ3v) is 2.63. The Bertz CT molecular complexity index is 511. The lowest BCUT2D eigenvalue weighted by Gasteiger charge is -2.14.